The third-order valence-corrected chi connectivity index (χ3v) is 9.92. The van der Waals surface area contributed by atoms with Crippen molar-refractivity contribution in [2.24, 2.45) is 0 Å². The summed E-state index contributed by atoms with van der Waals surface area (Å²) in [4.78, 5) is -0.323. The Kier molecular flexibility index (Phi) is 7.09. The van der Waals surface area contributed by atoms with E-state index in [4.69, 9.17) is 4.74 Å². The Morgan fingerprint density at radius 2 is 0.960 bits per heavy atom. The van der Waals surface area contributed by atoms with Crippen LogP contribution in [0.15, 0.2) is 58.3 Å². The van der Waals surface area contributed by atoms with Gasteiger partial charge in [-0.25, -0.2) is 16.8 Å². The van der Waals surface area contributed by atoms with E-state index in [9.17, 15) is 16.8 Å². The SMILES string of the molecule is O=S(=O)(c1ccccc1Oc1ccccc1S(=O)(=O)N(Br)Br)N(Br)Br. The quantitative estimate of drug-likeness (QED) is 0.427. The van der Waals surface area contributed by atoms with Crippen LogP contribution in [-0.2, 0) is 20.0 Å². The van der Waals surface area contributed by atoms with Crippen molar-refractivity contribution in [2.45, 2.75) is 9.79 Å². The van der Waals surface area contributed by atoms with Crippen LogP contribution in [0.2, 0.25) is 0 Å². The van der Waals surface area contributed by atoms with Crippen molar-refractivity contribution in [3.63, 3.8) is 0 Å². The number of rotatable bonds is 6. The Morgan fingerprint density at radius 3 is 1.28 bits per heavy atom. The summed E-state index contributed by atoms with van der Waals surface area (Å²) in [7, 11) is -7.86. The molecule has 0 saturated heterocycles. The lowest BCUT2D eigenvalue weighted by Crippen LogP contribution is -2.14. The van der Waals surface area contributed by atoms with Crippen molar-refractivity contribution >= 4 is 84.6 Å². The van der Waals surface area contributed by atoms with E-state index in [0.29, 0.717) is 4.71 Å². The molecule has 136 valence electrons. The van der Waals surface area contributed by atoms with Crippen molar-refractivity contribution in [2.75, 3.05) is 0 Å². The van der Waals surface area contributed by atoms with Gasteiger partial charge in [-0.15, -0.1) is 0 Å². The standard InChI is InChI=1S/C12H8Br4N2O5S2/c13-17(14)24(19,20)11-7-3-1-5-9(11)23-10-6-2-4-8-12(10)25(21,22)18(15)16/h1-8H. The second-order valence-electron chi connectivity index (χ2n) is 4.35. The number of para-hydroxylation sites is 2. The van der Waals surface area contributed by atoms with Gasteiger partial charge in [-0.3, -0.25) is 0 Å². The van der Waals surface area contributed by atoms with Gasteiger partial charge in [0.15, 0.2) is 0 Å². The molecule has 0 radical (unpaired) electrons. The molecule has 0 fully saturated rings. The molecule has 0 aromatic heterocycles. The molecule has 0 atom stereocenters. The molecule has 0 heterocycles. The highest BCUT2D eigenvalue weighted by atomic mass is 79.9. The van der Waals surface area contributed by atoms with E-state index >= 15 is 0 Å². The molecule has 2 rings (SSSR count). The van der Waals surface area contributed by atoms with Gasteiger partial charge in [0.2, 0.25) is 0 Å². The van der Waals surface area contributed by atoms with Crippen LogP contribution in [0, 0.1) is 0 Å². The summed E-state index contributed by atoms with van der Waals surface area (Å²) >= 11 is 11.2. The van der Waals surface area contributed by atoms with Gasteiger partial charge in [0, 0.05) is 64.6 Å². The Hall–Kier alpha value is -0.0200. The second kappa shape index (κ2) is 8.33. The van der Waals surface area contributed by atoms with Crippen LogP contribution in [0.1, 0.15) is 0 Å². The molecule has 0 aliphatic rings. The van der Waals surface area contributed by atoms with Crippen molar-refractivity contribution in [3.05, 3.63) is 48.5 Å². The first-order valence-electron chi connectivity index (χ1n) is 6.18. The Bertz CT molecular complexity index is 901. The number of ether oxygens (including phenoxy) is 1. The topological polar surface area (TPSA) is 84.0 Å². The van der Waals surface area contributed by atoms with Gasteiger partial charge in [0.1, 0.15) is 21.3 Å². The number of hydrogen-bond acceptors (Lipinski definition) is 5. The first-order valence-corrected chi connectivity index (χ1v) is 11.9. The minimum atomic E-state index is -3.93. The third-order valence-electron chi connectivity index (χ3n) is 2.84. The molecule has 0 saturated carbocycles. The highest BCUT2D eigenvalue weighted by Gasteiger charge is 2.28. The third kappa shape index (κ3) is 4.64. The first kappa shape index (κ1) is 21.3. The molecular formula is C12H8Br4N2O5S2. The predicted octanol–water partition coefficient (Wildman–Crippen LogP) is 4.70. The number of benzene rings is 2. The van der Waals surface area contributed by atoms with E-state index in [1.54, 1.807) is 12.1 Å². The van der Waals surface area contributed by atoms with Gasteiger partial charge in [-0.05, 0) is 24.3 Å². The molecule has 13 heteroatoms. The lowest BCUT2D eigenvalue weighted by molar-refractivity contribution is 0.452. The largest absolute Gasteiger partial charge is 0.455 e. The van der Waals surface area contributed by atoms with Crippen LogP contribution >= 0.6 is 64.6 Å². The number of nitrogens with zero attached hydrogens (tertiary/aromatic N) is 2. The molecule has 0 N–H and O–H groups in total. The highest BCUT2D eigenvalue weighted by Crippen LogP contribution is 2.37. The summed E-state index contributed by atoms with van der Waals surface area (Å²) in [6.07, 6.45) is 0. The van der Waals surface area contributed by atoms with E-state index in [1.165, 1.54) is 36.4 Å². The molecule has 0 spiro atoms. The Balaban J connectivity index is 2.58. The van der Waals surface area contributed by atoms with Gasteiger partial charge < -0.3 is 4.74 Å². The summed E-state index contributed by atoms with van der Waals surface area (Å²) in [5.74, 6) is -0.0745. The maximum atomic E-state index is 12.3. The summed E-state index contributed by atoms with van der Waals surface area (Å²) < 4.78 is 56.3. The van der Waals surface area contributed by atoms with Crippen molar-refractivity contribution < 1.29 is 21.6 Å². The molecule has 2 aromatic rings. The highest BCUT2D eigenvalue weighted by molar-refractivity contribution is 9.23. The van der Waals surface area contributed by atoms with Crippen LogP contribution in [-0.4, -0.2) is 21.6 Å². The van der Waals surface area contributed by atoms with Crippen molar-refractivity contribution in [1.82, 2.24) is 4.71 Å². The minimum absolute atomic E-state index is 0.0373. The predicted molar refractivity (Wildman–Crippen MR) is 107 cm³/mol. The summed E-state index contributed by atoms with van der Waals surface area (Å²) in [6, 6.07) is 11.7. The summed E-state index contributed by atoms with van der Waals surface area (Å²) in [5.41, 5.74) is 0. The van der Waals surface area contributed by atoms with Gasteiger partial charge in [-0.1, -0.05) is 29.0 Å². The van der Waals surface area contributed by atoms with Gasteiger partial charge >= 0.3 is 0 Å². The molecule has 0 aliphatic carbocycles. The van der Waals surface area contributed by atoms with Crippen molar-refractivity contribution in [1.29, 1.82) is 0 Å². The van der Waals surface area contributed by atoms with E-state index in [2.05, 4.69) is 64.6 Å². The zero-order valence-corrected chi connectivity index (χ0v) is 19.9. The van der Waals surface area contributed by atoms with Crippen LogP contribution in [0.4, 0.5) is 0 Å². The molecular weight excluding hydrogens is 636 g/mol. The average Bonchev–Trinajstić information content (AvgIpc) is 2.55. The number of hydrogen-bond donors (Lipinski definition) is 0. The summed E-state index contributed by atoms with van der Waals surface area (Å²) in [5, 5.41) is 0. The van der Waals surface area contributed by atoms with Crippen LogP contribution in [0.25, 0.3) is 0 Å². The van der Waals surface area contributed by atoms with E-state index in [0.717, 1.165) is 0 Å². The van der Waals surface area contributed by atoms with Gasteiger partial charge in [0.05, 0.1) is 0 Å². The summed E-state index contributed by atoms with van der Waals surface area (Å²) in [6.45, 7) is 0. The molecule has 0 aliphatic heterocycles. The van der Waals surface area contributed by atoms with E-state index in [-0.39, 0.29) is 21.3 Å². The van der Waals surface area contributed by atoms with Crippen LogP contribution in [0.3, 0.4) is 0 Å². The monoisotopic (exact) mass is 640 g/mol. The van der Waals surface area contributed by atoms with E-state index < -0.39 is 20.0 Å². The maximum Gasteiger partial charge on any atom is 0.266 e. The fourth-order valence-electron chi connectivity index (χ4n) is 1.76. The van der Waals surface area contributed by atoms with Gasteiger partial charge in [-0.2, -0.15) is 0 Å². The van der Waals surface area contributed by atoms with Crippen molar-refractivity contribution in [3.8, 4) is 11.5 Å². The zero-order valence-electron chi connectivity index (χ0n) is 11.9. The molecule has 0 amide bonds. The van der Waals surface area contributed by atoms with Crippen LogP contribution in [0.5, 0.6) is 11.5 Å². The fraction of sp³-hybridized carbons (Fsp3) is 0. The van der Waals surface area contributed by atoms with Crippen LogP contribution < -0.4 is 4.74 Å². The number of sulfonamides is 2. The lowest BCUT2D eigenvalue weighted by atomic mass is 10.3. The molecule has 7 nitrogen and oxygen atoms in total. The average molecular weight is 644 g/mol. The Morgan fingerprint density at radius 1 is 0.640 bits per heavy atom. The van der Waals surface area contributed by atoms with Gasteiger partial charge in [0.25, 0.3) is 20.0 Å². The first-order chi connectivity index (χ1) is 11.6. The molecule has 2 aromatic carbocycles. The Labute approximate surface area is 179 Å². The fourth-order valence-corrected chi connectivity index (χ4v) is 5.16. The molecule has 0 bridgehead atoms. The molecule has 0 unspecified atom stereocenters. The maximum absolute atomic E-state index is 12.3. The minimum Gasteiger partial charge on any atom is -0.455 e. The lowest BCUT2D eigenvalue weighted by Gasteiger charge is -2.16. The van der Waals surface area contributed by atoms with E-state index in [1.807, 2.05) is 0 Å². The zero-order chi connectivity index (χ0) is 18.8. The smallest absolute Gasteiger partial charge is 0.266 e. The molecule has 25 heavy (non-hydrogen) atoms. The second-order valence-corrected chi connectivity index (χ2v) is 14.5. The number of halogens is 4. The normalized spacial score (nSPS) is 12.6.